The number of aromatic nitrogens is 2. The van der Waals surface area contributed by atoms with Crippen molar-refractivity contribution in [3.8, 4) is 0 Å². The van der Waals surface area contributed by atoms with E-state index >= 15 is 0 Å². The number of anilines is 1. The molecular formula is C9H15N5O2. The van der Waals surface area contributed by atoms with E-state index in [1.165, 1.54) is 10.9 Å². The van der Waals surface area contributed by atoms with E-state index < -0.39 is 0 Å². The molecule has 88 valence electrons. The zero-order valence-corrected chi connectivity index (χ0v) is 9.06. The largest absolute Gasteiger partial charge is 0.396 e. The molecule has 1 rings (SSSR count). The van der Waals surface area contributed by atoms with E-state index in [0.29, 0.717) is 12.2 Å². The number of nitrogens with zero attached hydrogens (tertiary/aromatic N) is 2. The Morgan fingerprint density at radius 2 is 2.19 bits per heavy atom. The number of hydrogen-bond acceptors (Lipinski definition) is 4. The topological polar surface area (TPSA) is 102 Å². The van der Waals surface area contributed by atoms with Gasteiger partial charge < -0.3 is 16.4 Å². The van der Waals surface area contributed by atoms with Gasteiger partial charge in [0, 0.05) is 12.7 Å². The summed E-state index contributed by atoms with van der Waals surface area (Å²) in [5, 5.41) is 8.89. The summed E-state index contributed by atoms with van der Waals surface area (Å²) in [5.41, 5.74) is 5.93. The van der Waals surface area contributed by atoms with Crippen LogP contribution < -0.4 is 16.4 Å². The van der Waals surface area contributed by atoms with Gasteiger partial charge in [-0.15, -0.1) is 0 Å². The molecule has 7 nitrogen and oxygen atoms in total. The predicted molar refractivity (Wildman–Crippen MR) is 58.3 cm³/mol. The maximum absolute atomic E-state index is 11.3. The second-order valence-corrected chi connectivity index (χ2v) is 3.20. The SMILES string of the molecule is CCNC(=O)CNC(=O)Cn1cc(N)cn1. The number of rotatable bonds is 5. The lowest BCUT2D eigenvalue weighted by atomic mass is 10.5. The second kappa shape index (κ2) is 5.74. The Hall–Kier alpha value is -2.05. The van der Waals surface area contributed by atoms with Crippen molar-refractivity contribution < 1.29 is 9.59 Å². The molecular weight excluding hydrogens is 210 g/mol. The molecule has 2 amide bonds. The van der Waals surface area contributed by atoms with Gasteiger partial charge in [0.1, 0.15) is 6.54 Å². The molecule has 0 saturated heterocycles. The van der Waals surface area contributed by atoms with Crippen LogP contribution in [0.4, 0.5) is 5.69 Å². The van der Waals surface area contributed by atoms with E-state index in [1.54, 1.807) is 6.20 Å². The molecule has 0 aliphatic rings. The van der Waals surface area contributed by atoms with Gasteiger partial charge in [-0.05, 0) is 6.92 Å². The third-order valence-electron chi connectivity index (χ3n) is 1.78. The summed E-state index contributed by atoms with van der Waals surface area (Å²) < 4.78 is 1.41. The van der Waals surface area contributed by atoms with Crippen LogP contribution in [0.1, 0.15) is 6.92 Å². The van der Waals surface area contributed by atoms with Crippen LogP contribution in [0.25, 0.3) is 0 Å². The second-order valence-electron chi connectivity index (χ2n) is 3.20. The van der Waals surface area contributed by atoms with E-state index in [9.17, 15) is 9.59 Å². The molecule has 0 aromatic carbocycles. The van der Waals surface area contributed by atoms with Crippen molar-refractivity contribution in [3.63, 3.8) is 0 Å². The Kier molecular flexibility index (Phi) is 4.31. The highest BCUT2D eigenvalue weighted by Crippen LogP contribution is 1.96. The van der Waals surface area contributed by atoms with E-state index in [2.05, 4.69) is 15.7 Å². The molecule has 0 fully saturated rings. The molecule has 1 aromatic rings. The van der Waals surface area contributed by atoms with Gasteiger partial charge in [0.2, 0.25) is 11.8 Å². The minimum Gasteiger partial charge on any atom is -0.396 e. The first-order chi connectivity index (χ1) is 7.61. The summed E-state index contributed by atoms with van der Waals surface area (Å²) in [5.74, 6) is -0.495. The number of amides is 2. The highest BCUT2D eigenvalue weighted by atomic mass is 16.2. The number of nitrogen functional groups attached to an aromatic ring is 1. The van der Waals surface area contributed by atoms with E-state index in [0.717, 1.165) is 0 Å². The Morgan fingerprint density at radius 1 is 1.44 bits per heavy atom. The fraction of sp³-hybridized carbons (Fsp3) is 0.444. The molecule has 0 unspecified atom stereocenters. The first kappa shape index (κ1) is 12.0. The minimum atomic E-state index is -0.283. The predicted octanol–water partition coefficient (Wildman–Crippen LogP) is -1.28. The fourth-order valence-corrected chi connectivity index (χ4v) is 1.11. The zero-order valence-electron chi connectivity index (χ0n) is 9.06. The van der Waals surface area contributed by atoms with Crippen molar-refractivity contribution in [1.29, 1.82) is 0 Å². The lowest BCUT2D eigenvalue weighted by Gasteiger charge is -2.05. The zero-order chi connectivity index (χ0) is 12.0. The highest BCUT2D eigenvalue weighted by molar-refractivity contribution is 5.84. The standard InChI is InChI=1S/C9H15N5O2/c1-2-11-8(15)4-12-9(16)6-14-5-7(10)3-13-14/h3,5H,2,4,6,10H2,1H3,(H,11,15)(H,12,16). The van der Waals surface area contributed by atoms with Crippen molar-refractivity contribution in [1.82, 2.24) is 20.4 Å². The quantitative estimate of drug-likeness (QED) is 0.580. The molecule has 0 aliphatic carbocycles. The van der Waals surface area contributed by atoms with Gasteiger partial charge in [0.15, 0.2) is 0 Å². The summed E-state index contributed by atoms with van der Waals surface area (Å²) in [6, 6.07) is 0. The van der Waals surface area contributed by atoms with Crippen LogP contribution in [0.2, 0.25) is 0 Å². The first-order valence-corrected chi connectivity index (χ1v) is 4.93. The average Bonchev–Trinajstić information content (AvgIpc) is 2.61. The van der Waals surface area contributed by atoms with Crippen LogP contribution in [0.5, 0.6) is 0 Å². The molecule has 1 heterocycles. The molecule has 0 spiro atoms. The van der Waals surface area contributed by atoms with Crippen LogP contribution in [0, 0.1) is 0 Å². The number of nitrogens with two attached hydrogens (primary N) is 1. The van der Waals surface area contributed by atoms with Crippen LogP contribution in [-0.4, -0.2) is 34.7 Å². The number of carbonyl (C=O) groups is 2. The average molecular weight is 225 g/mol. The van der Waals surface area contributed by atoms with Gasteiger partial charge in [-0.1, -0.05) is 0 Å². The van der Waals surface area contributed by atoms with Crippen molar-refractivity contribution in [3.05, 3.63) is 12.4 Å². The van der Waals surface area contributed by atoms with Gasteiger partial charge >= 0.3 is 0 Å². The van der Waals surface area contributed by atoms with Crippen molar-refractivity contribution in [2.24, 2.45) is 0 Å². The van der Waals surface area contributed by atoms with Crippen molar-refractivity contribution in [2.75, 3.05) is 18.8 Å². The maximum atomic E-state index is 11.3. The van der Waals surface area contributed by atoms with E-state index in [4.69, 9.17) is 5.73 Å². The first-order valence-electron chi connectivity index (χ1n) is 4.93. The van der Waals surface area contributed by atoms with Gasteiger partial charge in [-0.3, -0.25) is 14.3 Å². The van der Waals surface area contributed by atoms with Crippen molar-refractivity contribution >= 4 is 17.5 Å². The summed E-state index contributed by atoms with van der Waals surface area (Å²) in [6.45, 7) is 2.39. The molecule has 0 bridgehead atoms. The third-order valence-corrected chi connectivity index (χ3v) is 1.78. The fourth-order valence-electron chi connectivity index (χ4n) is 1.11. The Bertz CT molecular complexity index is 374. The van der Waals surface area contributed by atoms with Gasteiger partial charge in [-0.2, -0.15) is 5.10 Å². The Morgan fingerprint density at radius 3 is 2.75 bits per heavy atom. The van der Waals surface area contributed by atoms with Crippen LogP contribution >= 0.6 is 0 Å². The minimum absolute atomic E-state index is 0.0244. The van der Waals surface area contributed by atoms with Gasteiger partial charge in [0.25, 0.3) is 0 Å². The summed E-state index contributed by atoms with van der Waals surface area (Å²) in [7, 11) is 0. The lowest BCUT2D eigenvalue weighted by Crippen LogP contribution is -2.38. The lowest BCUT2D eigenvalue weighted by molar-refractivity contribution is -0.126. The maximum Gasteiger partial charge on any atom is 0.242 e. The third kappa shape index (κ3) is 3.99. The van der Waals surface area contributed by atoms with Crippen LogP contribution in [-0.2, 0) is 16.1 Å². The van der Waals surface area contributed by atoms with E-state index in [1.807, 2.05) is 6.92 Å². The van der Waals surface area contributed by atoms with Gasteiger partial charge in [-0.25, -0.2) is 0 Å². The molecule has 0 radical (unpaired) electrons. The monoisotopic (exact) mass is 225 g/mol. The molecule has 4 N–H and O–H groups in total. The Balaban J connectivity index is 2.28. The molecule has 0 saturated carbocycles. The van der Waals surface area contributed by atoms with Gasteiger partial charge in [0.05, 0.1) is 18.4 Å². The van der Waals surface area contributed by atoms with Crippen LogP contribution in [0.15, 0.2) is 12.4 Å². The number of likely N-dealkylation sites (N-methyl/N-ethyl adjacent to an activating group) is 1. The smallest absolute Gasteiger partial charge is 0.242 e. The number of nitrogens with one attached hydrogen (secondary N) is 2. The molecule has 7 heteroatoms. The van der Waals surface area contributed by atoms with Crippen molar-refractivity contribution in [2.45, 2.75) is 13.5 Å². The summed E-state index contributed by atoms with van der Waals surface area (Å²) in [6.07, 6.45) is 3.00. The number of hydrogen-bond donors (Lipinski definition) is 3. The van der Waals surface area contributed by atoms with E-state index in [-0.39, 0.29) is 24.9 Å². The Labute approximate surface area is 93.0 Å². The summed E-state index contributed by atoms with van der Waals surface area (Å²) >= 11 is 0. The molecule has 0 atom stereocenters. The molecule has 1 aromatic heterocycles. The molecule has 16 heavy (non-hydrogen) atoms. The summed E-state index contributed by atoms with van der Waals surface area (Å²) in [4.78, 5) is 22.4. The molecule has 0 aliphatic heterocycles. The highest BCUT2D eigenvalue weighted by Gasteiger charge is 2.05. The van der Waals surface area contributed by atoms with Crippen LogP contribution in [0.3, 0.4) is 0 Å². The number of carbonyl (C=O) groups excluding carboxylic acids is 2. The normalized spacial score (nSPS) is 9.81.